The van der Waals surface area contributed by atoms with E-state index in [-0.39, 0.29) is 51.1 Å². The molecule has 9 N–H and O–H groups in total. The molecule has 2 bridgehead atoms. The van der Waals surface area contributed by atoms with Crippen LogP contribution in [0.5, 0.6) is 0 Å². The summed E-state index contributed by atoms with van der Waals surface area (Å²) in [5, 5.41) is 98.3. The molecule has 0 aromatic heterocycles. The van der Waals surface area contributed by atoms with Crippen LogP contribution in [-0.4, -0.2) is 170 Å². The Hall–Kier alpha value is -0.900. The molecule has 8 fully saturated rings. The fourth-order valence-corrected chi connectivity index (χ4v) is 15.7. The monoisotopic (exact) mass is 911 g/mol. The Morgan fingerprint density at radius 2 is 1.23 bits per heavy atom. The van der Waals surface area contributed by atoms with Crippen LogP contribution in [0.3, 0.4) is 0 Å². The first-order valence-corrected chi connectivity index (χ1v) is 24.2. The van der Waals surface area contributed by atoms with E-state index in [0.717, 1.165) is 32.3 Å². The number of allylic oxidation sites excluding steroid dienone is 1. The number of hydrogen-bond acceptors (Lipinski definition) is 16. The SMILES string of the molecule is CC1OC(OC2C(CO)OC(OC3C(O)C(C)OC(OC4CCC5(C)C(CCC6(C)C5C=CC57OCC8(CCC(C)(C)CC85)CCC67C)C4(C)CO)C3O)C(O)C2O)C(O)C(O)C1O. The van der Waals surface area contributed by atoms with E-state index in [2.05, 4.69) is 53.7 Å². The van der Waals surface area contributed by atoms with Crippen molar-refractivity contribution >= 4 is 0 Å². The number of ether oxygens (including phenoxy) is 7. The predicted octanol–water partition coefficient (Wildman–Crippen LogP) is 1.66. The third-order valence-corrected chi connectivity index (χ3v) is 19.9. The highest BCUT2D eigenvalue weighted by atomic mass is 16.8. The van der Waals surface area contributed by atoms with E-state index in [1.807, 2.05) is 0 Å². The van der Waals surface area contributed by atoms with Gasteiger partial charge in [-0.15, -0.1) is 0 Å². The molecule has 4 heterocycles. The lowest BCUT2D eigenvalue weighted by Crippen LogP contribution is -2.71. The molecule has 0 aromatic carbocycles. The maximum Gasteiger partial charge on any atom is 0.187 e. The fraction of sp³-hybridized carbons (Fsp3) is 0.958. The van der Waals surface area contributed by atoms with Gasteiger partial charge >= 0.3 is 0 Å². The predicted molar refractivity (Wildman–Crippen MR) is 227 cm³/mol. The minimum absolute atomic E-state index is 0.0377. The summed E-state index contributed by atoms with van der Waals surface area (Å²) in [6.07, 6.45) is -8.41. The van der Waals surface area contributed by atoms with Crippen LogP contribution in [0, 0.1) is 50.2 Å². The van der Waals surface area contributed by atoms with Gasteiger partial charge in [-0.25, -0.2) is 0 Å². The molecule has 4 saturated carbocycles. The normalized spacial score (nSPS) is 59.0. The molecule has 4 aliphatic heterocycles. The van der Waals surface area contributed by atoms with Crippen molar-refractivity contribution in [2.24, 2.45) is 50.2 Å². The van der Waals surface area contributed by atoms with Crippen LogP contribution in [-0.2, 0) is 33.2 Å². The van der Waals surface area contributed by atoms with E-state index in [0.29, 0.717) is 12.3 Å². The molecule has 9 aliphatic rings. The van der Waals surface area contributed by atoms with Crippen molar-refractivity contribution in [1.82, 2.24) is 0 Å². The highest BCUT2D eigenvalue weighted by Crippen LogP contribution is 2.79. The average Bonchev–Trinajstić information content (AvgIpc) is 3.49. The van der Waals surface area contributed by atoms with E-state index in [4.69, 9.17) is 33.2 Å². The van der Waals surface area contributed by atoms with Crippen LogP contribution < -0.4 is 0 Å². The summed E-state index contributed by atoms with van der Waals surface area (Å²) in [7, 11) is 0. The summed E-state index contributed by atoms with van der Waals surface area (Å²) in [5.41, 5.74) is -0.749. The lowest BCUT2D eigenvalue weighted by atomic mass is 9.32. The van der Waals surface area contributed by atoms with Gasteiger partial charge in [0.2, 0.25) is 0 Å². The lowest BCUT2D eigenvalue weighted by molar-refractivity contribution is -0.382. The van der Waals surface area contributed by atoms with Crippen LogP contribution in [0.15, 0.2) is 12.2 Å². The number of aliphatic hydroxyl groups excluding tert-OH is 9. The average molecular weight is 911 g/mol. The van der Waals surface area contributed by atoms with Crippen molar-refractivity contribution in [3.8, 4) is 0 Å². The quantitative estimate of drug-likeness (QED) is 0.124. The van der Waals surface area contributed by atoms with Crippen LogP contribution >= 0.6 is 0 Å². The molecule has 4 saturated heterocycles. The first-order chi connectivity index (χ1) is 30.0. The molecule has 0 radical (unpaired) electrons. The third kappa shape index (κ3) is 6.80. The number of fused-ring (bicyclic) bond motifs is 4. The molecule has 16 nitrogen and oxygen atoms in total. The topological polar surface area (TPSA) is 247 Å². The molecule has 366 valence electrons. The van der Waals surface area contributed by atoms with Crippen LogP contribution in [0.4, 0.5) is 0 Å². The van der Waals surface area contributed by atoms with Crippen molar-refractivity contribution in [3.05, 3.63) is 12.2 Å². The summed E-state index contributed by atoms with van der Waals surface area (Å²) < 4.78 is 43.2. The summed E-state index contributed by atoms with van der Waals surface area (Å²) >= 11 is 0. The molecule has 16 heteroatoms. The Morgan fingerprint density at radius 1 is 0.609 bits per heavy atom. The maximum atomic E-state index is 11.9. The molecular formula is C48H78O16. The highest BCUT2D eigenvalue weighted by Gasteiger charge is 2.77. The maximum absolute atomic E-state index is 11.9. The van der Waals surface area contributed by atoms with Crippen molar-refractivity contribution in [2.45, 2.75) is 217 Å². The molecule has 25 atom stereocenters. The third-order valence-electron chi connectivity index (χ3n) is 19.9. The highest BCUT2D eigenvalue weighted by molar-refractivity contribution is 5.35. The van der Waals surface area contributed by atoms with Gasteiger partial charge in [-0.3, -0.25) is 0 Å². The molecule has 25 unspecified atom stereocenters. The Kier molecular flexibility index (Phi) is 12.3. The number of rotatable bonds is 8. The molecule has 64 heavy (non-hydrogen) atoms. The summed E-state index contributed by atoms with van der Waals surface area (Å²) in [6, 6.07) is 0. The van der Waals surface area contributed by atoms with Crippen molar-refractivity contribution in [3.63, 3.8) is 0 Å². The summed E-state index contributed by atoms with van der Waals surface area (Å²) in [5.74, 6) is 0.805. The van der Waals surface area contributed by atoms with Crippen molar-refractivity contribution in [1.29, 1.82) is 0 Å². The van der Waals surface area contributed by atoms with E-state index >= 15 is 0 Å². The summed E-state index contributed by atoms with van der Waals surface area (Å²) in [4.78, 5) is 0. The first-order valence-electron chi connectivity index (χ1n) is 24.2. The number of aliphatic hydroxyl groups is 9. The van der Waals surface area contributed by atoms with Gasteiger partial charge in [-0.2, -0.15) is 0 Å². The minimum atomic E-state index is -1.85. The largest absolute Gasteiger partial charge is 0.396 e. The van der Waals surface area contributed by atoms with Gasteiger partial charge in [-0.1, -0.05) is 53.7 Å². The van der Waals surface area contributed by atoms with Gasteiger partial charge < -0.3 is 79.1 Å². The number of hydrogen-bond donors (Lipinski definition) is 9. The lowest BCUT2D eigenvalue weighted by Gasteiger charge is -2.73. The van der Waals surface area contributed by atoms with Gasteiger partial charge in [0.25, 0.3) is 0 Å². The second-order valence-corrected chi connectivity index (χ2v) is 23.7. The Labute approximate surface area is 377 Å². The van der Waals surface area contributed by atoms with Gasteiger partial charge in [-0.05, 0) is 105 Å². The van der Waals surface area contributed by atoms with Gasteiger partial charge in [0.15, 0.2) is 18.9 Å². The van der Waals surface area contributed by atoms with E-state index in [1.54, 1.807) is 6.92 Å². The van der Waals surface area contributed by atoms with Crippen LogP contribution in [0.1, 0.15) is 113 Å². The van der Waals surface area contributed by atoms with Gasteiger partial charge in [0, 0.05) is 16.7 Å². The minimum Gasteiger partial charge on any atom is -0.396 e. The van der Waals surface area contributed by atoms with E-state index < -0.39 is 110 Å². The van der Waals surface area contributed by atoms with Gasteiger partial charge in [0.05, 0.1) is 43.7 Å². The van der Waals surface area contributed by atoms with Crippen molar-refractivity contribution < 1.29 is 79.1 Å². The molecule has 1 spiro atoms. The fourth-order valence-electron chi connectivity index (χ4n) is 15.7. The first kappa shape index (κ1) is 48.1. The molecular weight excluding hydrogens is 833 g/mol. The van der Waals surface area contributed by atoms with Crippen molar-refractivity contribution in [2.75, 3.05) is 19.8 Å². The van der Waals surface area contributed by atoms with E-state index in [1.165, 1.54) is 32.6 Å². The summed E-state index contributed by atoms with van der Waals surface area (Å²) in [6.45, 7) is 17.4. The molecule has 0 amide bonds. The molecule has 9 rings (SSSR count). The second kappa shape index (κ2) is 16.3. The zero-order valence-electron chi connectivity index (χ0n) is 39.0. The Balaban J connectivity index is 0.910. The smallest absolute Gasteiger partial charge is 0.187 e. The second-order valence-electron chi connectivity index (χ2n) is 23.7. The zero-order chi connectivity index (χ0) is 46.3. The zero-order valence-corrected chi connectivity index (χ0v) is 39.0. The van der Waals surface area contributed by atoms with E-state index in [9.17, 15) is 46.0 Å². The molecule has 0 aromatic rings. The Morgan fingerprint density at radius 3 is 1.92 bits per heavy atom. The van der Waals surface area contributed by atoms with Crippen LogP contribution in [0.2, 0.25) is 0 Å². The van der Waals surface area contributed by atoms with Crippen LogP contribution in [0.25, 0.3) is 0 Å². The Bertz CT molecular complexity index is 1750. The standard InChI is InChI=1S/C48H78O16/c1-23-30(51)32(53)34(55)39(59-23)63-37-25(20-49)61-40(35(56)33(37)54)64-38-31(52)24(2)60-41(36(38)57)62-29-11-12-43(5)26(44(29,6)21-50)9-13-45(7)27(43)10-14-48-28-19-42(3,4)15-17-47(28,22-58-48)18-16-46(45,48)8/h10,14,23-41,49-57H,9,11-13,15-22H2,1-8H3. The van der Waals surface area contributed by atoms with Gasteiger partial charge in [0.1, 0.15) is 61.0 Å². The molecule has 5 aliphatic carbocycles.